The fourth-order valence-corrected chi connectivity index (χ4v) is 2.74. The van der Waals surface area contributed by atoms with E-state index >= 15 is 0 Å². The monoisotopic (exact) mass is 295 g/mol. The normalized spacial score (nSPS) is 22.7. The Morgan fingerprint density at radius 3 is 2.81 bits per heavy atom. The molecule has 0 bridgehead atoms. The van der Waals surface area contributed by atoms with Gasteiger partial charge in [0, 0.05) is 24.5 Å². The second kappa shape index (κ2) is 6.01. The third-order valence-electron chi connectivity index (χ3n) is 3.96. The number of hydrogen-bond acceptors (Lipinski definition) is 4. The number of rotatable bonds is 3. The van der Waals surface area contributed by atoms with Crippen molar-refractivity contribution < 1.29 is 9.90 Å². The summed E-state index contributed by atoms with van der Waals surface area (Å²) in [7, 11) is 0. The molecule has 1 atom stereocenters. The van der Waals surface area contributed by atoms with Gasteiger partial charge in [0.25, 0.3) is 0 Å². The molecule has 7 heteroatoms. The molecule has 2 N–H and O–H groups in total. The lowest BCUT2D eigenvalue weighted by atomic mass is 9.83. The minimum Gasteiger partial charge on any atom is -0.396 e. The average Bonchev–Trinajstić information content (AvgIpc) is 2.80. The molecule has 0 radical (unpaired) electrons. The maximum Gasteiger partial charge on any atom is 0.324 e. The number of amides is 2. The zero-order valence-electron chi connectivity index (χ0n) is 13.3. The van der Waals surface area contributed by atoms with Crippen LogP contribution in [-0.2, 0) is 0 Å². The van der Waals surface area contributed by atoms with Gasteiger partial charge in [-0.1, -0.05) is 6.92 Å². The Morgan fingerprint density at radius 2 is 2.24 bits per heavy atom. The van der Waals surface area contributed by atoms with E-state index in [1.54, 1.807) is 9.58 Å². The molecular formula is C14H25N5O2. The number of urea groups is 1. The molecule has 1 aliphatic heterocycles. The van der Waals surface area contributed by atoms with Crippen LogP contribution in [0.2, 0.25) is 0 Å². The van der Waals surface area contributed by atoms with Gasteiger partial charge in [-0.05, 0) is 33.6 Å². The van der Waals surface area contributed by atoms with Gasteiger partial charge in [-0.15, -0.1) is 5.10 Å². The lowest BCUT2D eigenvalue weighted by Crippen LogP contribution is -2.48. The third-order valence-corrected chi connectivity index (χ3v) is 3.96. The van der Waals surface area contributed by atoms with Gasteiger partial charge < -0.3 is 10.0 Å². The first-order valence-corrected chi connectivity index (χ1v) is 7.44. The van der Waals surface area contributed by atoms with Gasteiger partial charge in [-0.3, -0.25) is 5.32 Å². The lowest BCUT2D eigenvalue weighted by molar-refractivity contribution is 0.0648. The summed E-state index contributed by atoms with van der Waals surface area (Å²) < 4.78 is 1.78. The molecule has 0 aromatic carbocycles. The molecule has 1 fully saturated rings. The van der Waals surface area contributed by atoms with Gasteiger partial charge in [-0.25, -0.2) is 9.48 Å². The minimum atomic E-state index is -0.212. The Hall–Kier alpha value is -1.63. The first-order valence-electron chi connectivity index (χ1n) is 7.44. The van der Waals surface area contributed by atoms with Crippen molar-refractivity contribution >= 4 is 12.0 Å². The maximum atomic E-state index is 12.3. The molecule has 2 amide bonds. The van der Waals surface area contributed by atoms with Crippen molar-refractivity contribution in [2.24, 2.45) is 5.41 Å². The standard InChI is InChI=1S/C14H25N5O2/c1-10(2)19-11(3)15-12(17-19)16-13(21)18-7-5-6-14(4,8-18)9-20/h10,20H,5-9H2,1-4H3,(H,16,17,21). The number of aryl methyl sites for hydroxylation is 1. The van der Waals surface area contributed by atoms with E-state index in [4.69, 9.17) is 0 Å². The summed E-state index contributed by atoms with van der Waals surface area (Å²) in [6.07, 6.45) is 1.84. The number of aliphatic hydroxyl groups excluding tert-OH is 1. The van der Waals surface area contributed by atoms with Crippen LogP contribution in [-0.4, -0.2) is 50.5 Å². The number of piperidine rings is 1. The van der Waals surface area contributed by atoms with Crippen LogP contribution in [0.4, 0.5) is 10.7 Å². The van der Waals surface area contributed by atoms with Crippen LogP contribution in [0, 0.1) is 12.3 Å². The largest absolute Gasteiger partial charge is 0.396 e. The van der Waals surface area contributed by atoms with Crippen molar-refractivity contribution in [3.05, 3.63) is 5.82 Å². The summed E-state index contributed by atoms with van der Waals surface area (Å²) >= 11 is 0. The van der Waals surface area contributed by atoms with E-state index < -0.39 is 0 Å². The first-order chi connectivity index (χ1) is 9.84. The summed E-state index contributed by atoms with van der Waals surface area (Å²) in [5.41, 5.74) is -0.212. The van der Waals surface area contributed by atoms with Crippen LogP contribution >= 0.6 is 0 Å². The second-order valence-electron chi connectivity index (χ2n) is 6.44. The highest BCUT2D eigenvalue weighted by Gasteiger charge is 2.32. The molecule has 0 spiro atoms. The van der Waals surface area contributed by atoms with Gasteiger partial charge in [-0.2, -0.15) is 4.98 Å². The molecule has 1 aromatic rings. The van der Waals surface area contributed by atoms with E-state index in [-0.39, 0.29) is 24.1 Å². The Morgan fingerprint density at radius 1 is 1.52 bits per heavy atom. The van der Waals surface area contributed by atoms with E-state index in [1.165, 1.54) is 0 Å². The fourth-order valence-electron chi connectivity index (χ4n) is 2.74. The number of likely N-dealkylation sites (tertiary alicyclic amines) is 1. The highest BCUT2D eigenvalue weighted by atomic mass is 16.3. The van der Waals surface area contributed by atoms with Crippen molar-refractivity contribution in [1.29, 1.82) is 0 Å². The number of nitrogens with one attached hydrogen (secondary N) is 1. The number of carbonyl (C=O) groups excluding carboxylic acids is 1. The van der Waals surface area contributed by atoms with Crippen LogP contribution in [0.25, 0.3) is 0 Å². The third kappa shape index (κ3) is 3.53. The van der Waals surface area contributed by atoms with Crippen LogP contribution in [0.5, 0.6) is 0 Å². The number of anilines is 1. The molecule has 0 aliphatic carbocycles. The van der Waals surface area contributed by atoms with Crippen LogP contribution in [0.1, 0.15) is 45.5 Å². The molecule has 0 saturated carbocycles. The van der Waals surface area contributed by atoms with Gasteiger partial charge in [0.1, 0.15) is 5.82 Å². The van der Waals surface area contributed by atoms with Gasteiger partial charge in [0.2, 0.25) is 5.95 Å². The maximum absolute atomic E-state index is 12.3. The Kier molecular flexibility index (Phi) is 4.51. The number of aromatic nitrogens is 3. The molecule has 2 rings (SSSR count). The van der Waals surface area contributed by atoms with Crippen molar-refractivity contribution in [2.45, 2.75) is 46.6 Å². The van der Waals surface area contributed by atoms with Crippen LogP contribution in [0.15, 0.2) is 0 Å². The summed E-state index contributed by atoms with van der Waals surface area (Å²) in [4.78, 5) is 18.3. The highest BCUT2D eigenvalue weighted by Crippen LogP contribution is 2.28. The van der Waals surface area contributed by atoms with E-state index in [0.717, 1.165) is 18.7 Å². The lowest BCUT2D eigenvalue weighted by Gasteiger charge is -2.38. The number of carbonyl (C=O) groups is 1. The molecule has 2 heterocycles. The molecule has 7 nitrogen and oxygen atoms in total. The SMILES string of the molecule is Cc1nc(NC(=O)N2CCCC(C)(CO)C2)nn1C(C)C. The van der Waals surface area contributed by atoms with Crippen molar-refractivity contribution in [1.82, 2.24) is 19.7 Å². The molecule has 1 aromatic heterocycles. The molecule has 118 valence electrons. The molecule has 1 unspecified atom stereocenters. The minimum absolute atomic E-state index is 0.0934. The van der Waals surface area contributed by atoms with Gasteiger partial charge >= 0.3 is 6.03 Å². The molecule has 1 aliphatic rings. The summed E-state index contributed by atoms with van der Waals surface area (Å²) in [6.45, 7) is 9.25. The number of nitrogens with zero attached hydrogens (tertiary/aromatic N) is 4. The smallest absolute Gasteiger partial charge is 0.324 e. The number of hydrogen-bond donors (Lipinski definition) is 2. The van der Waals surface area contributed by atoms with E-state index in [1.807, 2.05) is 27.7 Å². The average molecular weight is 295 g/mol. The van der Waals surface area contributed by atoms with Crippen LogP contribution < -0.4 is 5.32 Å². The second-order valence-corrected chi connectivity index (χ2v) is 6.44. The van der Waals surface area contributed by atoms with Crippen LogP contribution in [0.3, 0.4) is 0 Å². The predicted molar refractivity (Wildman–Crippen MR) is 80.2 cm³/mol. The van der Waals surface area contributed by atoms with Crippen molar-refractivity contribution in [2.75, 3.05) is 25.0 Å². The van der Waals surface area contributed by atoms with E-state index in [0.29, 0.717) is 19.0 Å². The summed E-state index contributed by atoms with van der Waals surface area (Å²) in [5, 5.41) is 16.5. The molecular weight excluding hydrogens is 270 g/mol. The number of aliphatic hydroxyl groups is 1. The summed E-state index contributed by atoms with van der Waals surface area (Å²) in [5.74, 6) is 1.11. The molecule has 21 heavy (non-hydrogen) atoms. The zero-order chi connectivity index (χ0) is 15.6. The van der Waals surface area contributed by atoms with E-state index in [2.05, 4.69) is 15.4 Å². The summed E-state index contributed by atoms with van der Waals surface area (Å²) in [6, 6.07) is 0.00565. The first kappa shape index (κ1) is 15.8. The zero-order valence-corrected chi connectivity index (χ0v) is 13.3. The topological polar surface area (TPSA) is 83.3 Å². The Labute approximate surface area is 125 Å². The predicted octanol–water partition coefficient (Wildman–Crippen LogP) is 1.79. The Balaban J connectivity index is 2.03. The Bertz CT molecular complexity index is 513. The van der Waals surface area contributed by atoms with Gasteiger partial charge in [0.15, 0.2) is 0 Å². The van der Waals surface area contributed by atoms with Crippen molar-refractivity contribution in [3.63, 3.8) is 0 Å². The quantitative estimate of drug-likeness (QED) is 0.890. The highest BCUT2D eigenvalue weighted by molar-refractivity contribution is 5.87. The molecule has 1 saturated heterocycles. The van der Waals surface area contributed by atoms with Crippen molar-refractivity contribution in [3.8, 4) is 0 Å². The van der Waals surface area contributed by atoms with E-state index in [9.17, 15) is 9.90 Å². The fraction of sp³-hybridized carbons (Fsp3) is 0.786. The van der Waals surface area contributed by atoms with Gasteiger partial charge in [0.05, 0.1) is 6.61 Å².